The van der Waals surface area contributed by atoms with E-state index < -0.39 is 18.0 Å². The molecule has 3 aromatic carbocycles. The van der Waals surface area contributed by atoms with Gasteiger partial charge in [-0.2, -0.15) is 0 Å². The van der Waals surface area contributed by atoms with E-state index in [0.29, 0.717) is 35.2 Å². The second-order valence-electron chi connectivity index (χ2n) is 15.2. The topological polar surface area (TPSA) is 54.0 Å². The molecule has 282 valence electrons. The van der Waals surface area contributed by atoms with Crippen LogP contribution in [0, 0.1) is 5.92 Å². The third-order valence-corrected chi connectivity index (χ3v) is 15.3. The van der Waals surface area contributed by atoms with Gasteiger partial charge in [0, 0.05) is 0 Å². The first-order valence-electron chi connectivity index (χ1n) is 18.3. The Morgan fingerprint density at radius 1 is 0.686 bits per heavy atom. The molecule has 1 aliphatic rings. The third-order valence-electron chi connectivity index (χ3n) is 8.86. The van der Waals surface area contributed by atoms with Gasteiger partial charge in [0.05, 0.1) is 0 Å². The standard InChI is InChI=1S/C27H38N2.C15H21NO3.2ClH.Ru/c1-18(2)22-11-9-12-23(19(3)4)26(22)28-15-16-29(17-28)27-24(20(5)6)13-10-14-25(27)21(7)8;1-11(2)9-19-15(17)16-14-8-6-5-7-13(14)10-18-12(3)4;;;/h9-14,18-21H,15-16H2,1-8H3;5-8,11-12H,9H2,1-4H3,(H,16,17);2*1H;/q;;;;+2/p-2. The van der Waals surface area contributed by atoms with Crippen molar-refractivity contribution in [2.24, 2.45) is 5.92 Å². The van der Waals surface area contributed by atoms with E-state index in [1.807, 2.05) is 52.0 Å². The number of para-hydroxylation sites is 3. The zero-order valence-corrected chi connectivity index (χ0v) is 35.8. The van der Waals surface area contributed by atoms with Gasteiger partial charge in [0.25, 0.3) is 0 Å². The summed E-state index contributed by atoms with van der Waals surface area (Å²) in [4.78, 5) is 17.9. The molecule has 1 saturated heterocycles. The molecule has 1 aliphatic heterocycles. The quantitative estimate of drug-likeness (QED) is 0.184. The molecule has 6 nitrogen and oxygen atoms in total. The average Bonchev–Trinajstić information content (AvgIpc) is 3.51. The van der Waals surface area contributed by atoms with Gasteiger partial charge in [-0.3, -0.25) is 0 Å². The van der Waals surface area contributed by atoms with Crippen molar-refractivity contribution in [3.8, 4) is 0 Å². The maximum absolute atomic E-state index is 13.0. The number of benzene rings is 3. The van der Waals surface area contributed by atoms with Crippen molar-refractivity contribution >= 4 is 51.2 Å². The van der Waals surface area contributed by atoms with E-state index in [2.05, 4.69) is 107 Å². The minimum absolute atomic E-state index is 0.203. The molecule has 9 heteroatoms. The van der Waals surface area contributed by atoms with Crippen LogP contribution in [0.25, 0.3) is 0 Å². The normalized spacial score (nSPS) is 14.2. The Hall–Kier alpha value is -2.57. The molecule has 1 fully saturated rings. The van der Waals surface area contributed by atoms with Crippen molar-refractivity contribution in [3.05, 3.63) is 88.5 Å². The van der Waals surface area contributed by atoms with Crippen LogP contribution >= 0.6 is 19.4 Å². The summed E-state index contributed by atoms with van der Waals surface area (Å²) in [5.74, 6) is 1.28. The molecular weight excluding hydrogens is 766 g/mol. The molecule has 51 heavy (non-hydrogen) atoms. The monoisotopic (exact) mass is 825 g/mol. The van der Waals surface area contributed by atoms with Crippen LogP contribution in [0.1, 0.15) is 135 Å². The molecule has 1 N–H and O–H groups in total. The Labute approximate surface area is 317 Å². The maximum atomic E-state index is 13.0. The van der Waals surface area contributed by atoms with Crippen molar-refractivity contribution in [1.82, 2.24) is 0 Å². The second kappa shape index (κ2) is 17.5. The van der Waals surface area contributed by atoms with Crippen molar-refractivity contribution in [2.45, 2.75) is 113 Å². The number of anilines is 3. The number of hydrogen-bond acceptors (Lipinski definition) is 5. The molecule has 0 aliphatic carbocycles. The van der Waals surface area contributed by atoms with Crippen LogP contribution in [-0.2, 0) is 21.4 Å². The van der Waals surface area contributed by atoms with Crippen LogP contribution in [0.5, 0.6) is 0 Å². The fourth-order valence-electron chi connectivity index (χ4n) is 6.47. The summed E-state index contributed by atoms with van der Waals surface area (Å²) in [7, 11) is 16.2. The van der Waals surface area contributed by atoms with Gasteiger partial charge in [-0.1, -0.05) is 0 Å². The van der Waals surface area contributed by atoms with E-state index in [9.17, 15) is 4.79 Å². The number of amides is 1. The van der Waals surface area contributed by atoms with Crippen LogP contribution in [0.15, 0.2) is 60.7 Å². The molecule has 0 atom stereocenters. The summed E-state index contributed by atoms with van der Waals surface area (Å²) in [6.07, 6.45) is -0.761. The molecular formula is C42H59Cl2N3O3Ru. The van der Waals surface area contributed by atoms with Crippen molar-refractivity contribution < 1.29 is 26.2 Å². The van der Waals surface area contributed by atoms with Crippen LogP contribution in [0.4, 0.5) is 21.9 Å². The van der Waals surface area contributed by atoms with E-state index in [1.54, 1.807) is 0 Å². The molecule has 0 bridgehead atoms. The Balaban J connectivity index is 2.21. The summed E-state index contributed by atoms with van der Waals surface area (Å²) < 4.78 is 13.7. The number of nitrogens with zero attached hydrogens (tertiary/aromatic N) is 2. The molecule has 0 aromatic heterocycles. The van der Waals surface area contributed by atoms with Crippen LogP contribution in [0.3, 0.4) is 0 Å². The first-order valence-corrected chi connectivity index (χ1v) is 24.6. The fraction of sp³-hybridized carbons (Fsp3) is 0.500. The zero-order chi connectivity index (χ0) is 37.8. The zero-order valence-electron chi connectivity index (χ0n) is 32.6. The van der Waals surface area contributed by atoms with Gasteiger partial charge in [0.15, 0.2) is 0 Å². The van der Waals surface area contributed by atoms with Gasteiger partial charge < -0.3 is 0 Å². The Kier molecular flexibility index (Phi) is 14.1. The number of nitrogens with one attached hydrogen (secondary N) is 1. The molecule has 4 rings (SSSR count). The van der Waals surface area contributed by atoms with Gasteiger partial charge in [-0.05, 0) is 0 Å². The number of hydrogen-bond donors (Lipinski definition) is 1. The SMILES string of the molecule is CC(C)COC(=O)Nc1ccccc1[C](OC(C)C)=[Ru]([Cl])([Cl])=[C]1N(c2c(C(C)C)cccc2C(C)C)CCN1c1c(C(C)C)cccc1C(C)C. The number of halogens is 2. The van der Waals surface area contributed by atoms with E-state index in [-0.39, 0.29) is 35.7 Å². The van der Waals surface area contributed by atoms with E-state index in [0.717, 1.165) is 4.35 Å². The summed E-state index contributed by atoms with van der Waals surface area (Å²) >= 11 is -4.30. The van der Waals surface area contributed by atoms with Gasteiger partial charge in [-0.25, -0.2) is 0 Å². The Morgan fingerprint density at radius 3 is 1.51 bits per heavy atom. The Bertz CT molecular complexity index is 1690. The number of rotatable bonds is 12. The van der Waals surface area contributed by atoms with Gasteiger partial charge in [0.2, 0.25) is 0 Å². The van der Waals surface area contributed by atoms with Gasteiger partial charge in [0.1, 0.15) is 0 Å². The number of ether oxygens (including phenoxy) is 2. The predicted octanol–water partition coefficient (Wildman–Crippen LogP) is 11.9. The minimum atomic E-state index is -4.30. The number of carbonyl (C=O) groups excluding carboxylic acids is 1. The van der Waals surface area contributed by atoms with E-state index in [4.69, 9.17) is 28.9 Å². The molecule has 1 amide bonds. The van der Waals surface area contributed by atoms with Crippen molar-refractivity contribution in [1.29, 1.82) is 0 Å². The average molecular weight is 826 g/mol. The van der Waals surface area contributed by atoms with Gasteiger partial charge in [-0.15, -0.1) is 0 Å². The third kappa shape index (κ3) is 9.33. The predicted molar refractivity (Wildman–Crippen MR) is 217 cm³/mol. The molecule has 1 heterocycles. The van der Waals surface area contributed by atoms with Gasteiger partial charge >= 0.3 is 319 Å². The second-order valence-corrected chi connectivity index (χ2v) is 24.4. The summed E-state index contributed by atoms with van der Waals surface area (Å²) in [5, 5.41) is 2.98. The van der Waals surface area contributed by atoms with E-state index >= 15 is 0 Å². The number of carbonyl (C=O) groups is 1. The molecule has 0 spiro atoms. The first kappa shape index (κ1) is 41.2. The molecule has 0 saturated carbocycles. The van der Waals surface area contributed by atoms with Crippen LogP contribution in [-0.4, -0.2) is 40.5 Å². The summed E-state index contributed by atoms with van der Waals surface area (Å²) in [6, 6.07) is 20.9. The summed E-state index contributed by atoms with van der Waals surface area (Å²) in [6.45, 7) is 27.7. The molecule has 3 aromatic rings. The van der Waals surface area contributed by atoms with Crippen LogP contribution in [0.2, 0.25) is 0 Å². The Morgan fingerprint density at radius 2 is 1.12 bits per heavy atom. The van der Waals surface area contributed by atoms with Crippen molar-refractivity contribution in [3.63, 3.8) is 0 Å². The molecule has 0 radical (unpaired) electrons. The summed E-state index contributed by atoms with van der Waals surface area (Å²) in [5.41, 5.74) is 8.57. The fourth-order valence-corrected chi connectivity index (χ4v) is 13.3. The first-order chi connectivity index (χ1) is 24.0. The molecule has 0 unspecified atom stereocenters. The van der Waals surface area contributed by atoms with Crippen LogP contribution < -0.4 is 15.1 Å². The van der Waals surface area contributed by atoms with E-state index in [1.165, 1.54) is 33.6 Å². The van der Waals surface area contributed by atoms with Crippen molar-refractivity contribution in [2.75, 3.05) is 34.8 Å².